The van der Waals surface area contributed by atoms with Crippen molar-refractivity contribution in [3.63, 3.8) is 0 Å². The summed E-state index contributed by atoms with van der Waals surface area (Å²) in [6, 6.07) is 0. The van der Waals surface area contributed by atoms with Crippen molar-refractivity contribution in [2.75, 3.05) is 0 Å². The Bertz CT molecular complexity index is 84.1. The van der Waals surface area contributed by atoms with E-state index in [9.17, 15) is 0 Å². The Morgan fingerprint density at radius 1 is 0.909 bits per heavy atom. The van der Waals surface area contributed by atoms with Crippen LogP contribution in [0.5, 0.6) is 0 Å². The molecular weight excluding hydrogens is 295 g/mol. The third-order valence-electron chi connectivity index (χ3n) is 1.59. The van der Waals surface area contributed by atoms with Crippen LogP contribution in [0.4, 0.5) is 0 Å². The Hall–Kier alpha value is 1.37. The molecule has 0 aromatic rings. The third kappa shape index (κ3) is 7.72. The molecule has 11 heavy (non-hydrogen) atoms. The van der Waals surface area contributed by atoms with Gasteiger partial charge in [-0.1, -0.05) is 0 Å². The standard InChI is InChI=1S/C8H18Cl2Te/c1-3-5-7-11(9,10)8-6-4-2/h3-8H2,1-2H3. The van der Waals surface area contributed by atoms with E-state index in [1.165, 1.54) is 25.7 Å². The van der Waals surface area contributed by atoms with E-state index in [0.717, 1.165) is 8.94 Å². The maximum atomic E-state index is 6.25. The molecule has 0 aromatic carbocycles. The van der Waals surface area contributed by atoms with Crippen LogP contribution in [-0.2, 0) is 0 Å². The quantitative estimate of drug-likeness (QED) is 0.633. The van der Waals surface area contributed by atoms with E-state index < -0.39 is 15.9 Å². The monoisotopic (exact) mass is 314 g/mol. The molecule has 0 nitrogen and oxygen atoms in total. The van der Waals surface area contributed by atoms with Crippen LogP contribution in [-0.4, -0.2) is 15.9 Å². The Balaban J connectivity index is 3.43. The summed E-state index contributed by atoms with van der Waals surface area (Å²) in [7, 11) is 12.5. The first-order chi connectivity index (χ1) is 5.12. The third-order valence-corrected chi connectivity index (χ3v) is 10.8. The van der Waals surface area contributed by atoms with Crippen LogP contribution < -0.4 is 0 Å². The Labute approximate surface area is 81.9 Å². The zero-order valence-corrected chi connectivity index (χ0v) is 11.2. The van der Waals surface area contributed by atoms with Crippen molar-refractivity contribution in [1.82, 2.24) is 0 Å². The van der Waals surface area contributed by atoms with Gasteiger partial charge in [-0.2, -0.15) is 0 Å². The predicted octanol–water partition coefficient (Wildman–Crippen LogP) is 4.51. The van der Waals surface area contributed by atoms with E-state index in [1.807, 2.05) is 0 Å². The molecule has 0 radical (unpaired) electrons. The maximum absolute atomic E-state index is 6.25. The summed E-state index contributed by atoms with van der Waals surface area (Å²) in [5, 5.41) is 0. The van der Waals surface area contributed by atoms with Crippen molar-refractivity contribution in [2.24, 2.45) is 0 Å². The molecule has 0 bridgehead atoms. The van der Waals surface area contributed by atoms with Crippen molar-refractivity contribution in [3.05, 3.63) is 0 Å². The first kappa shape index (κ1) is 12.4. The van der Waals surface area contributed by atoms with Crippen LogP contribution in [0.25, 0.3) is 0 Å². The summed E-state index contributed by atoms with van der Waals surface area (Å²) >= 11 is -2.30. The summed E-state index contributed by atoms with van der Waals surface area (Å²) in [6.45, 7) is 4.37. The summed E-state index contributed by atoms with van der Waals surface area (Å²) in [6.07, 6.45) is 4.88. The molecule has 0 spiro atoms. The number of unbranched alkanes of at least 4 members (excludes halogenated alkanes) is 2. The van der Waals surface area contributed by atoms with Gasteiger partial charge in [0.2, 0.25) is 0 Å². The van der Waals surface area contributed by atoms with E-state index in [-0.39, 0.29) is 0 Å². The zero-order chi connectivity index (χ0) is 8.74. The van der Waals surface area contributed by atoms with Crippen LogP contribution >= 0.6 is 17.9 Å². The second-order valence-electron chi connectivity index (χ2n) is 2.81. The van der Waals surface area contributed by atoms with Gasteiger partial charge in [0.25, 0.3) is 0 Å². The Kier molecular flexibility index (Phi) is 7.69. The molecule has 0 aliphatic heterocycles. The van der Waals surface area contributed by atoms with Gasteiger partial charge in [0.15, 0.2) is 0 Å². The number of halogens is 2. The Morgan fingerprint density at radius 2 is 1.27 bits per heavy atom. The molecule has 0 amide bonds. The van der Waals surface area contributed by atoms with Crippen molar-refractivity contribution >= 4 is 33.9 Å². The van der Waals surface area contributed by atoms with Gasteiger partial charge in [0, 0.05) is 0 Å². The molecule has 0 aliphatic carbocycles. The van der Waals surface area contributed by atoms with Crippen LogP contribution in [0.2, 0.25) is 8.94 Å². The molecule has 0 atom stereocenters. The summed E-state index contributed by atoms with van der Waals surface area (Å²) in [4.78, 5) is 0. The van der Waals surface area contributed by atoms with Crippen molar-refractivity contribution in [1.29, 1.82) is 0 Å². The van der Waals surface area contributed by atoms with Gasteiger partial charge < -0.3 is 0 Å². The molecule has 0 saturated carbocycles. The normalized spacial score (nSPS) is 13.5. The van der Waals surface area contributed by atoms with Gasteiger partial charge in [-0.15, -0.1) is 0 Å². The first-order valence-corrected chi connectivity index (χ1v) is 13.5. The molecule has 70 valence electrons. The fourth-order valence-corrected chi connectivity index (χ4v) is 8.38. The first-order valence-electron chi connectivity index (χ1n) is 4.30. The van der Waals surface area contributed by atoms with E-state index >= 15 is 0 Å². The molecule has 3 heteroatoms. The second-order valence-corrected chi connectivity index (χ2v) is 18.1. The van der Waals surface area contributed by atoms with Gasteiger partial charge in [-0.25, -0.2) is 0 Å². The predicted molar refractivity (Wildman–Crippen MR) is 56.9 cm³/mol. The Morgan fingerprint density at radius 3 is 1.55 bits per heavy atom. The molecular formula is C8H18Cl2Te. The van der Waals surface area contributed by atoms with Gasteiger partial charge in [-0.05, 0) is 0 Å². The van der Waals surface area contributed by atoms with Crippen LogP contribution in [0, 0.1) is 0 Å². The summed E-state index contributed by atoms with van der Waals surface area (Å²) in [5.41, 5.74) is 0. The molecule has 0 aromatic heterocycles. The number of hydrogen-bond donors (Lipinski definition) is 0. The minimum absolute atomic E-state index is 1.13. The minimum atomic E-state index is -2.30. The van der Waals surface area contributed by atoms with E-state index in [1.54, 1.807) is 0 Å². The van der Waals surface area contributed by atoms with Crippen molar-refractivity contribution in [2.45, 2.75) is 48.5 Å². The van der Waals surface area contributed by atoms with E-state index in [2.05, 4.69) is 13.8 Å². The van der Waals surface area contributed by atoms with Crippen LogP contribution in [0.1, 0.15) is 39.5 Å². The SMILES string of the molecule is CCCC[Te](Cl)(Cl)CCCC. The van der Waals surface area contributed by atoms with E-state index in [0.29, 0.717) is 0 Å². The molecule has 0 rings (SSSR count). The summed E-state index contributed by atoms with van der Waals surface area (Å²) in [5.74, 6) is 0. The zero-order valence-electron chi connectivity index (χ0n) is 7.41. The average molecular weight is 313 g/mol. The fourth-order valence-electron chi connectivity index (χ4n) is 0.813. The van der Waals surface area contributed by atoms with Gasteiger partial charge in [0.1, 0.15) is 0 Å². The molecule has 0 aliphatic rings. The van der Waals surface area contributed by atoms with Gasteiger partial charge >= 0.3 is 82.3 Å². The topological polar surface area (TPSA) is 0 Å². The van der Waals surface area contributed by atoms with Gasteiger partial charge in [-0.3, -0.25) is 0 Å². The molecule has 0 fully saturated rings. The molecule has 0 N–H and O–H groups in total. The van der Waals surface area contributed by atoms with Crippen LogP contribution in [0.15, 0.2) is 0 Å². The molecule has 0 unspecified atom stereocenters. The average Bonchev–Trinajstić information content (AvgIpc) is 1.97. The van der Waals surface area contributed by atoms with Crippen LogP contribution in [0.3, 0.4) is 0 Å². The summed E-state index contributed by atoms with van der Waals surface area (Å²) < 4.78 is 2.25. The van der Waals surface area contributed by atoms with Crippen molar-refractivity contribution < 1.29 is 0 Å². The number of rotatable bonds is 6. The van der Waals surface area contributed by atoms with Gasteiger partial charge in [0.05, 0.1) is 0 Å². The fraction of sp³-hybridized carbons (Fsp3) is 1.00. The van der Waals surface area contributed by atoms with E-state index in [4.69, 9.17) is 17.9 Å². The molecule has 0 saturated heterocycles. The molecule has 0 heterocycles. The number of hydrogen-bond acceptors (Lipinski definition) is 0. The van der Waals surface area contributed by atoms with Crippen molar-refractivity contribution in [3.8, 4) is 0 Å². The second kappa shape index (κ2) is 6.84.